The van der Waals surface area contributed by atoms with Gasteiger partial charge in [-0.3, -0.25) is 0 Å². The molecular weight excluding hydrogens is 348 g/mol. The van der Waals surface area contributed by atoms with Crippen LogP contribution in [0.1, 0.15) is 34.9 Å². The highest BCUT2D eigenvalue weighted by atomic mass is 79.9. The molecule has 5 rings (SSSR count). The van der Waals surface area contributed by atoms with Crippen LogP contribution in [-0.4, -0.2) is 6.61 Å². The molecule has 3 aromatic carbocycles. The molecule has 1 aliphatic heterocycles. The number of hydrogen-bond donors (Lipinski definition) is 0. The van der Waals surface area contributed by atoms with E-state index in [1.165, 1.54) is 33.9 Å². The first-order chi connectivity index (χ1) is 11.3. The van der Waals surface area contributed by atoms with Crippen molar-refractivity contribution in [2.24, 2.45) is 0 Å². The predicted molar refractivity (Wildman–Crippen MR) is 97.4 cm³/mol. The number of halogens is 1. The van der Waals surface area contributed by atoms with Gasteiger partial charge in [-0.2, -0.15) is 0 Å². The van der Waals surface area contributed by atoms with Gasteiger partial charge >= 0.3 is 0 Å². The minimum atomic E-state index is 0.649. The highest BCUT2D eigenvalue weighted by Gasteiger charge is 2.41. The zero-order chi connectivity index (χ0) is 15.4. The molecule has 0 radical (unpaired) electrons. The third-order valence-electron chi connectivity index (χ3n) is 5.23. The summed E-state index contributed by atoms with van der Waals surface area (Å²) < 4.78 is 7.13. The number of ether oxygens (including phenoxy) is 1. The first-order valence-corrected chi connectivity index (χ1v) is 9.03. The molecule has 2 aliphatic rings. The lowest BCUT2D eigenvalue weighted by Gasteiger charge is -2.11. The molecule has 1 aliphatic carbocycles. The molecule has 0 amide bonds. The molecule has 0 spiro atoms. The van der Waals surface area contributed by atoms with E-state index in [1.807, 2.05) is 0 Å². The van der Waals surface area contributed by atoms with Crippen molar-refractivity contribution in [1.82, 2.24) is 0 Å². The van der Waals surface area contributed by atoms with Crippen LogP contribution < -0.4 is 4.74 Å². The maximum Gasteiger partial charge on any atom is 0.130 e. The highest BCUT2D eigenvalue weighted by Crippen LogP contribution is 2.57. The van der Waals surface area contributed by atoms with Gasteiger partial charge in [0.15, 0.2) is 0 Å². The number of benzene rings is 3. The van der Waals surface area contributed by atoms with E-state index in [0.29, 0.717) is 11.8 Å². The second-order valence-corrected chi connectivity index (χ2v) is 7.51. The monoisotopic (exact) mass is 364 g/mol. The van der Waals surface area contributed by atoms with Gasteiger partial charge in [0.1, 0.15) is 5.75 Å². The molecule has 0 unspecified atom stereocenters. The van der Waals surface area contributed by atoms with E-state index in [0.717, 1.165) is 23.2 Å². The van der Waals surface area contributed by atoms with Gasteiger partial charge in [0, 0.05) is 21.8 Å². The van der Waals surface area contributed by atoms with E-state index < -0.39 is 0 Å². The summed E-state index contributed by atoms with van der Waals surface area (Å²) in [5.74, 6) is 2.45. The molecule has 23 heavy (non-hydrogen) atoms. The smallest absolute Gasteiger partial charge is 0.130 e. The Hall–Kier alpha value is -1.80. The fraction of sp³-hybridized carbons (Fsp3) is 0.238. The summed E-state index contributed by atoms with van der Waals surface area (Å²) in [4.78, 5) is 0. The first-order valence-electron chi connectivity index (χ1n) is 8.24. The van der Waals surface area contributed by atoms with E-state index >= 15 is 0 Å². The summed E-state index contributed by atoms with van der Waals surface area (Å²) in [7, 11) is 0. The van der Waals surface area contributed by atoms with Gasteiger partial charge in [0.05, 0.1) is 6.61 Å². The van der Waals surface area contributed by atoms with E-state index in [2.05, 4.69) is 70.5 Å². The molecule has 3 aromatic rings. The van der Waals surface area contributed by atoms with E-state index in [-0.39, 0.29) is 0 Å². The third kappa shape index (κ3) is 2.20. The summed E-state index contributed by atoms with van der Waals surface area (Å²) >= 11 is 3.53. The second-order valence-electron chi connectivity index (χ2n) is 6.59. The predicted octanol–water partition coefficient (Wildman–Crippen LogP) is 5.81. The summed E-state index contributed by atoms with van der Waals surface area (Å²) in [6.07, 6.45) is 2.31. The van der Waals surface area contributed by atoms with E-state index in [9.17, 15) is 0 Å². The second kappa shape index (κ2) is 5.10. The molecule has 0 bridgehead atoms. The minimum absolute atomic E-state index is 0.649. The first kappa shape index (κ1) is 13.6. The summed E-state index contributed by atoms with van der Waals surface area (Å²) in [6.45, 7) is 0.825. The minimum Gasteiger partial charge on any atom is -0.492 e. The molecule has 1 nitrogen and oxygen atoms in total. The van der Waals surface area contributed by atoms with Crippen molar-refractivity contribution in [3.63, 3.8) is 0 Å². The van der Waals surface area contributed by atoms with E-state index in [1.54, 1.807) is 0 Å². The Bertz CT molecular complexity index is 898. The molecule has 1 fully saturated rings. The normalized spacial score (nSPS) is 22.0. The molecule has 2 atom stereocenters. The Balaban J connectivity index is 1.58. The van der Waals surface area contributed by atoms with Gasteiger partial charge in [-0.15, -0.1) is 0 Å². The van der Waals surface area contributed by atoms with Crippen LogP contribution in [0.25, 0.3) is 10.8 Å². The molecule has 0 N–H and O–H groups in total. The lowest BCUT2D eigenvalue weighted by Crippen LogP contribution is -1.92. The standard InChI is InChI=1S/C21H17BrO/c22-15-7-5-13(6-8-15)18-12-20(18)19-11-14-3-1-2-4-16(14)21-17(19)9-10-23-21/h1-8,11,18,20H,9-10,12H2/t18-,20-/m1/s1. The Labute approximate surface area is 144 Å². The van der Waals surface area contributed by atoms with Gasteiger partial charge < -0.3 is 4.74 Å². The molecule has 114 valence electrons. The number of fused-ring (bicyclic) bond motifs is 3. The lowest BCUT2D eigenvalue weighted by molar-refractivity contribution is 0.360. The molecule has 0 aromatic heterocycles. The van der Waals surface area contributed by atoms with Crippen LogP contribution in [0.5, 0.6) is 5.75 Å². The number of rotatable bonds is 2. The Kier molecular flexibility index (Phi) is 3.02. The molecular formula is C21H17BrO. The zero-order valence-electron chi connectivity index (χ0n) is 12.8. The van der Waals surface area contributed by atoms with Crippen LogP contribution in [0.3, 0.4) is 0 Å². The maximum absolute atomic E-state index is 5.98. The largest absolute Gasteiger partial charge is 0.492 e. The zero-order valence-corrected chi connectivity index (χ0v) is 14.3. The maximum atomic E-state index is 5.98. The molecule has 1 saturated carbocycles. The molecule has 0 saturated heterocycles. The summed E-state index contributed by atoms with van der Waals surface area (Å²) in [5, 5.41) is 2.58. The van der Waals surface area contributed by atoms with Crippen molar-refractivity contribution in [3.8, 4) is 5.75 Å². The van der Waals surface area contributed by atoms with Crippen LogP contribution in [0.15, 0.2) is 59.1 Å². The van der Waals surface area contributed by atoms with Gasteiger partial charge in [-0.25, -0.2) is 0 Å². The third-order valence-corrected chi connectivity index (χ3v) is 5.75. The number of hydrogen-bond acceptors (Lipinski definition) is 1. The Morgan fingerprint density at radius 1 is 0.957 bits per heavy atom. The van der Waals surface area contributed by atoms with Crippen molar-refractivity contribution >= 4 is 26.7 Å². The van der Waals surface area contributed by atoms with Crippen LogP contribution in [-0.2, 0) is 6.42 Å². The molecule has 1 heterocycles. The van der Waals surface area contributed by atoms with Crippen molar-refractivity contribution in [1.29, 1.82) is 0 Å². The van der Waals surface area contributed by atoms with Crippen molar-refractivity contribution in [2.75, 3.05) is 6.61 Å². The van der Waals surface area contributed by atoms with Crippen molar-refractivity contribution < 1.29 is 4.74 Å². The lowest BCUT2D eigenvalue weighted by atomic mass is 9.94. The molecule has 2 heteroatoms. The summed E-state index contributed by atoms with van der Waals surface area (Å²) in [6, 6.07) is 19.8. The Morgan fingerprint density at radius 2 is 1.78 bits per heavy atom. The van der Waals surface area contributed by atoms with Gasteiger partial charge in [-0.1, -0.05) is 58.4 Å². The highest BCUT2D eigenvalue weighted by molar-refractivity contribution is 9.10. The van der Waals surface area contributed by atoms with E-state index in [4.69, 9.17) is 4.74 Å². The fourth-order valence-corrected chi connectivity index (χ4v) is 4.27. The van der Waals surface area contributed by atoms with Gasteiger partial charge in [0.2, 0.25) is 0 Å². The average molecular weight is 365 g/mol. The topological polar surface area (TPSA) is 9.23 Å². The Morgan fingerprint density at radius 3 is 2.65 bits per heavy atom. The summed E-state index contributed by atoms with van der Waals surface area (Å²) in [5.41, 5.74) is 4.43. The van der Waals surface area contributed by atoms with Gasteiger partial charge in [0.25, 0.3) is 0 Å². The quantitative estimate of drug-likeness (QED) is 0.557. The van der Waals surface area contributed by atoms with Crippen LogP contribution in [0.4, 0.5) is 0 Å². The van der Waals surface area contributed by atoms with Crippen LogP contribution >= 0.6 is 15.9 Å². The van der Waals surface area contributed by atoms with Crippen LogP contribution in [0.2, 0.25) is 0 Å². The fourth-order valence-electron chi connectivity index (χ4n) is 4.00. The van der Waals surface area contributed by atoms with Crippen molar-refractivity contribution in [2.45, 2.75) is 24.7 Å². The van der Waals surface area contributed by atoms with Crippen molar-refractivity contribution in [3.05, 3.63) is 75.8 Å². The SMILES string of the molecule is Brc1ccc([C@H]2C[C@H]2c2cc3ccccc3c3c2CCO3)cc1. The average Bonchev–Trinajstić information content (AvgIpc) is 3.21. The van der Waals surface area contributed by atoms with Gasteiger partial charge in [-0.05, 0) is 46.9 Å². The van der Waals surface area contributed by atoms with Crippen LogP contribution in [0, 0.1) is 0 Å².